The van der Waals surface area contributed by atoms with Crippen LogP contribution in [0, 0.1) is 5.82 Å². The summed E-state index contributed by atoms with van der Waals surface area (Å²) in [4.78, 5) is 28.2. The molecule has 0 unspecified atom stereocenters. The number of hydrogen-bond donors (Lipinski definition) is 0. The fourth-order valence-electron chi connectivity index (χ4n) is 3.07. The number of amides is 2. The topological polar surface area (TPSA) is 74.8 Å². The van der Waals surface area contributed by atoms with Gasteiger partial charge in [-0.3, -0.25) is 14.5 Å². The SMILES string of the molecule is CN(C(=O)CCN1C(=O)/C(=C/c2ccc(F)cc2)SC1=S)[C@@H]1CCS(=O)(=O)C1. The molecule has 0 spiro atoms. The zero-order chi connectivity index (χ0) is 20.5. The van der Waals surface area contributed by atoms with Crippen LogP contribution in [0.15, 0.2) is 29.2 Å². The Morgan fingerprint density at radius 3 is 2.68 bits per heavy atom. The van der Waals surface area contributed by atoms with Crippen molar-refractivity contribution < 1.29 is 22.4 Å². The molecule has 28 heavy (non-hydrogen) atoms. The molecule has 6 nitrogen and oxygen atoms in total. The summed E-state index contributed by atoms with van der Waals surface area (Å²) < 4.78 is 36.5. The molecule has 1 atom stereocenters. The molecular weight excluding hydrogens is 423 g/mol. The van der Waals surface area contributed by atoms with E-state index in [1.165, 1.54) is 21.9 Å². The van der Waals surface area contributed by atoms with E-state index in [1.807, 2.05) is 0 Å². The average molecular weight is 443 g/mol. The number of rotatable bonds is 5. The number of benzene rings is 1. The first-order valence-electron chi connectivity index (χ1n) is 8.63. The van der Waals surface area contributed by atoms with Gasteiger partial charge in [-0.05, 0) is 30.2 Å². The van der Waals surface area contributed by atoms with Gasteiger partial charge >= 0.3 is 0 Å². The van der Waals surface area contributed by atoms with E-state index in [0.29, 0.717) is 21.2 Å². The summed E-state index contributed by atoms with van der Waals surface area (Å²) in [6.07, 6.45) is 2.13. The summed E-state index contributed by atoms with van der Waals surface area (Å²) in [5, 5.41) is 0. The van der Waals surface area contributed by atoms with Crippen molar-refractivity contribution in [2.45, 2.75) is 18.9 Å². The first-order chi connectivity index (χ1) is 13.2. The van der Waals surface area contributed by atoms with Gasteiger partial charge in [0.25, 0.3) is 5.91 Å². The van der Waals surface area contributed by atoms with Crippen molar-refractivity contribution in [1.82, 2.24) is 9.80 Å². The third kappa shape index (κ3) is 4.79. The van der Waals surface area contributed by atoms with Crippen LogP contribution in [0.5, 0.6) is 0 Å². The van der Waals surface area contributed by atoms with Crippen molar-refractivity contribution in [1.29, 1.82) is 0 Å². The van der Waals surface area contributed by atoms with Gasteiger partial charge in [-0.15, -0.1) is 0 Å². The molecule has 2 aliphatic heterocycles. The molecule has 2 heterocycles. The highest BCUT2D eigenvalue weighted by Crippen LogP contribution is 2.32. The second-order valence-corrected chi connectivity index (χ2v) is 10.6. The second kappa shape index (κ2) is 8.30. The number of halogens is 1. The highest BCUT2D eigenvalue weighted by Gasteiger charge is 2.35. The number of hydrogen-bond acceptors (Lipinski definition) is 6. The molecule has 1 aromatic carbocycles. The van der Waals surface area contributed by atoms with Gasteiger partial charge in [-0.25, -0.2) is 12.8 Å². The monoisotopic (exact) mass is 442 g/mol. The Kier molecular flexibility index (Phi) is 6.21. The van der Waals surface area contributed by atoms with Gasteiger partial charge in [0, 0.05) is 26.1 Å². The minimum atomic E-state index is -3.08. The van der Waals surface area contributed by atoms with Gasteiger partial charge < -0.3 is 4.90 Å². The third-order valence-corrected chi connectivity index (χ3v) is 7.87. The van der Waals surface area contributed by atoms with Crippen LogP contribution in [0.25, 0.3) is 6.08 Å². The van der Waals surface area contributed by atoms with E-state index in [9.17, 15) is 22.4 Å². The lowest BCUT2D eigenvalue weighted by Crippen LogP contribution is -2.40. The minimum absolute atomic E-state index is 0.0172. The summed E-state index contributed by atoms with van der Waals surface area (Å²) in [6.45, 7) is 0.133. The maximum absolute atomic E-state index is 13.0. The van der Waals surface area contributed by atoms with Gasteiger partial charge in [0.2, 0.25) is 5.91 Å². The van der Waals surface area contributed by atoms with Crippen LogP contribution in [0.4, 0.5) is 4.39 Å². The third-order valence-electron chi connectivity index (χ3n) is 4.74. The van der Waals surface area contributed by atoms with Gasteiger partial charge in [0.05, 0.1) is 16.4 Å². The average Bonchev–Trinajstić information content (AvgIpc) is 3.13. The maximum Gasteiger partial charge on any atom is 0.266 e. The number of sulfone groups is 1. The molecule has 1 aromatic rings. The van der Waals surface area contributed by atoms with Crippen LogP contribution in [0.1, 0.15) is 18.4 Å². The molecule has 150 valence electrons. The molecule has 2 aliphatic rings. The lowest BCUT2D eigenvalue weighted by molar-refractivity contribution is -0.132. The maximum atomic E-state index is 13.0. The number of nitrogens with zero attached hydrogens (tertiary/aromatic N) is 2. The van der Waals surface area contributed by atoms with Crippen LogP contribution in [-0.4, -0.2) is 65.5 Å². The van der Waals surface area contributed by atoms with Crippen molar-refractivity contribution in [2.24, 2.45) is 0 Å². The first kappa shape index (κ1) is 20.9. The largest absolute Gasteiger partial charge is 0.342 e. The molecule has 3 rings (SSSR count). The van der Waals surface area contributed by atoms with Crippen molar-refractivity contribution in [3.05, 3.63) is 40.6 Å². The molecule has 0 aromatic heterocycles. The molecule has 0 saturated carbocycles. The second-order valence-electron chi connectivity index (χ2n) is 6.70. The molecule has 2 saturated heterocycles. The summed E-state index contributed by atoms with van der Waals surface area (Å²) in [6, 6.07) is 5.43. The predicted molar refractivity (Wildman–Crippen MR) is 111 cm³/mol. The molecule has 0 radical (unpaired) electrons. The summed E-state index contributed by atoms with van der Waals surface area (Å²) in [5.41, 5.74) is 0.681. The van der Waals surface area contributed by atoms with Gasteiger partial charge in [-0.1, -0.05) is 36.1 Å². The molecule has 2 fully saturated rings. The quantitative estimate of drug-likeness (QED) is 0.513. The molecule has 0 bridgehead atoms. The fourth-order valence-corrected chi connectivity index (χ4v) is 6.15. The lowest BCUT2D eigenvalue weighted by Gasteiger charge is -2.24. The minimum Gasteiger partial charge on any atom is -0.342 e. The fraction of sp³-hybridized carbons (Fsp3) is 0.389. The predicted octanol–water partition coefficient (Wildman–Crippen LogP) is 2.06. The molecule has 0 aliphatic carbocycles. The Bertz CT molecular complexity index is 944. The van der Waals surface area contributed by atoms with Gasteiger partial charge in [-0.2, -0.15) is 0 Å². The summed E-state index contributed by atoms with van der Waals surface area (Å²) in [7, 11) is -1.49. The van der Waals surface area contributed by atoms with Crippen LogP contribution in [0.3, 0.4) is 0 Å². The number of carbonyl (C=O) groups excluding carboxylic acids is 2. The number of thioether (sulfide) groups is 1. The highest BCUT2D eigenvalue weighted by atomic mass is 32.2. The van der Waals surface area contributed by atoms with Crippen LogP contribution >= 0.6 is 24.0 Å². The zero-order valence-corrected chi connectivity index (χ0v) is 17.6. The molecule has 10 heteroatoms. The molecule has 0 N–H and O–H groups in total. The lowest BCUT2D eigenvalue weighted by atomic mass is 10.2. The molecular formula is C18H19FN2O4S3. The Morgan fingerprint density at radius 1 is 1.39 bits per heavy atom. The number of thiocarbonyl (C=S) groups is 1. The Morgan fingerprint density at radius 2 is 2.07 bits per heavy atom. The Labute approximate surface area is 172 Å². The van der Waals surface area contributed by atoms with E-state index in [2.05, 4.69) is 0 Å². The van der Waals surface area contributed by atoms with E-state index in [0.717, 1.165) is 11.8 Å². The smallest absolute Gasteiger partial charge is 0.266 e. The van der Waals surface area contributed by atoms with Crippen molar-refractivity contribution in [3.8, 4) is 0 Å². The van der Waals surface area contributed by atoms with Gasteiger partial charge in [0.1, 0.15) is 10.1 Å². The zero-order valence-electron chi connectivity index (χ0n) is 15.1. The van der Waals surface area contributed by atoms with E-state index in [-0.39, 0.29) is 48.1 Å². The van der Waals surface area contributed by atoms with Gasteiger partial charge in [0.15, 0.2) is 9.84 Å². The Balaban J connectivity index is 1.60. The van der Waals surface area contributed by atoms with Crippen molar-refractivity contribution >= 4 is 56.0 Å². The van der Waals surface area contributed by atoms with Crippen LogP contribution < -0.4 is 0 Å². The van der Waals surface area contributed by atoms with Crippen LogP contribution in [-0.2, 0) is 19.4 Å². The van der Waals surface area contributed by atoms with E-state index >= 15 is 0 Å². The van der Waals surface area contributed by atoms with E-state index in [1.54, 1.807) is 25.3 Å². The van der Waals surface area contributed by atoms with E-state index < -0.39 is 9.84 Å². The first-order valence-corrected chi connectivity index (χ1v) is 11.7. The highest BCUT2D eigenvalue weighted by molar-refractivity contribution is 8.26. The van der Waals surface area contributed by atoms with E-state index in [4.69, 9.17) is 12.2 Å². The van der Waals surface area contributed by atoms with Crippen LogP contribution in [0.2, 0.25) is 0 Å². The van der Waals surface area contributed by atoms with Crippen molar-refractivity contribution in [2.75, 3.05) is 25.1 Å². The molecule has 2 amide bonds. The standard InChI is InChI=1S/C18H19FN2O4S3/c1-20(14-7-9-28(24,25)11-14)16(22)6-8-21-17(23)15(27-18(21)26)10-12-2-4-13(19)5-3-12/h2-5,10,14H,6-9,11H2,1H3/b15-10-/t14-/m1/s1. The number of carbonyl (C=O) groups is 2. The normalized spacial score (nSPS) is 22.9. The summed E-state index contributed by atoms with van der Waals surface area (Å²) >= 11 is 6.39. The van der Waals surface area contributed by atoms with Crippen molar-refractivity contribution in [3.63, 3.8) is 0 Å². The Hall–Kier alpha value is -1.78. The summed E-state index contributed by atoms with van der Waals surface area (Å²) in [5.74, 6) is -0.797.